The molecule has 0 aliphatic carbocycles. The fourth-order valence-electron chi connectivity index (χ4n) is 1.88. The predicted octanol–water partition coefficient (Wildman–Crippen LogP) is 2.29. The number of fused-ring (bicyclic) bond motifs is 1. The highest BCUT2D eigenvalue weighted by molar-refractivity contribution is 7.90. The van der Waals surface area contributed by atoms with Gasteiger partial charge in [0.1, 0.15) is 0 Å². The number of nitrogens with zero attached hydrogens (tertiary/aromatic N) is 2. The zero-order valence-corrected chi connectivity index (χ0v) is 10.9. The Hall–Kier alpha value is -2.21. The molecule has 0 spiro atoms. The second-order valence-electron chi connectivity index (χ2n) is 4.17. The Balaban J connectivity index is 2.23. The van der Waals surface area contributed by atoms with Gasteiger partial charge in [-0.1, -0.05) is 41.5 Å². The summed E-state index contributed by atoms with van der Waals surface area (Å²) < 4.78 is 27.9. The van der Waals surface area contributed by atoms with E-state index in [1.54, 1.807) is 0 Å². The highest BCUT2D eigenvalue weighted by atomic mass is 32.2. The summed E-state index contributed by atoms with van der Waals surface area (Å²) >= 11 is 0. The van der Waals surface area contributed by atoms with Gasteiger partial charge in [-0.3, -0.25) is 0 Å². The Kier molecular flexibility index (Phi) is 2.60. The second kappa shape index (κ2) is 4.17. The summed E-state index contributed by atoms with van der Waals surface area (Å²) in [5, 5.41) is 8.97. The molecule has 0 fully saturated rings. The topological polar surface area (TPSA) is 73.1 Å². The maximum Gasteiger partial charge on any atom is 0.335 e. The summed E-state index contributed by atoms with van der Waals surface area (Å²) in [5.41, 5.74) is 0.723. The average Bonchev–Trinajstić information content (AvgIpc) is 2.87. The van der Waals surface area contributed by atoms with Gasteiger partial charge in [0.25, 0.3) is 0 Å². The van der Waals surface area contributed by atoms with Crippen molar-refractivity contribution in [1.29, 1.82) is 0 Å². The Labute approximate surface area is 109 Å². The molecule has 1 heterocycles. The lowest BCUT2D eigenvalue weighted by atomic mass is 10.0. The van der Waals surface area contributed by atoms with Crippen LogP contribution in [0, 0.1) is 0 Å². The molecule has 6 heteroatoms. The molecule has 1 aromatic heterocycles. The van der Waals surface area contributed by atoms with Crippen LogP contribution in [0.2, 0.25) is 0 Å². The Morgan fingerprint density at radius 2 is 1.74 bits per heavy atom. The van der Waals surface area contributed by atoms with E-state index < -0.39 is 9.84 Å². The van der Waals surface area contributed by atoms with Crippen molar-refractivity contribution >= 4 is 20.6 Å². The van der Waals surface area contributed by atoms with Crippen LogP contribution in [0.1, 0.15) is 0 Å². The zero-order valence-electron chi connectivity index (χ0n) is 10.1. The first-order valence-corrected chi connectivity index (χ1v) is 7.46. The predicted molar refractivity (Wildman–Crippen MR) is 70.3 cm³/mol. The molecule has 96 valence electrons. The lowest BCUT2D eigenvalue weighted by Crippen LogP contribution is -1.96. The first-order chi connectivity index (χ1) is 9.05. The summed E-state index contributed by atoms with van der Waals surface area (Å²) in [5.74, 6) is 0.206. The van der Waals surface area contributed by atoms with Gasteiger partial charge in [-0.15, -0.1) is 5.10 Å². The molecule has 0 radical (unpaired) electrons. The van der Waals surface area contributed by atoms with E-state index in [1.165, 1.54) is 0 Å². The van der Waals surface area contributed by atoms with E-state index in [0.29, 0.717) is 0 Å². The minimum Gasteiger partial charge on any atom is -0.408 e. The number of hydrogen-bond donors (Lipinski definition) is 0. The smallest absolute Gasteiger partial charge is 0.335 e. The van der Waals surface area contributed by atoms with Crippen molar-refractivity contribution in [3.63, 3.8) is 0 Å². The maximum absolute atomic E-state index is 11.3. The summed E-state index contributed by atoms with van der Waals surface area (Å²) in [7, 11) is -3.48. The van der Waals surface area contributed by atoms with E-state index in [1.807, 2.05) is 42.5 Å². The summed E-state index contributed by atoms with van der Waals surface area (Å²) in [4.78, 5) is 0. The second-order valence-corrected chi connectivity index (χ2v) is 6.07. The van der Waals surface area contributed by atoms with Gasteiger partial charge in [-0.2, -0.15) is 0 Å². The van der Waals surface area contributed by atoms with Crippen molar-refractivity contribution in [1.82, 2.24) is 10.2 Å². The van der Waals surface area contributed by atoms with E-state index in [-0.39, 0.29) is 11.1 Å². The minimum absolute atomic E-state index is 0.206. The molecule has 2 aromatic carbocycles. The monoisotopic (exact) mass is 274 g/mol. The fraction of sp³-hybridized carbons (Fsp3) is 0.0769. The highest BCUT2D eigenvalue weighted by Gasteiger charge is 2.18. The van der Waals surface area contributed by atoms with Crippen LogP contribution < -0.4 is 0 Å². The van der Waals surface area contributed by atoms with E-state index in [0.717, 1.165) is 22.6 Å². The molecule has 0 bridgehead atoms. The van der Waals surface area contributed by atoms with Gasteiger partial charge in [0.2, 0.25) is 15.7 Å². The number of hydrogen-bond acceptors (Lipinski definition) is 5. The SMILES string of the molecule is CS(=O)(=O)c1nnc(-c2cccc3ccccc23)o1. The first kappa shape index (κ1) is 11.9. The van der Waals surface area contributed by atoms with Gasteiger partial charge < -0.3 is 4.42 Å². The zero-order chi connectivity index (χ0) is 13.5. The van der Waals surface area contributed by atoms with Gasteiger partial charge in [-0.25, -0.2) is 8.42 Å². The van der Waals surface area contributed by atoms with Crippen LogP contribution in [0.25, 0.3) is 22.2 Å². The molecule has 0 N–H and O–H groups in total. The van der Waals surface area contributed by atoms with Crippen LogP contribution in [-0.4, -0.2) is 24.9 Å². The summed E-state index contributed by atoms with van der Waals surface area (Å²) in [6.45, 7) is 0. The molecule has 0 aliphatic heterocycles. The van der Waals surface area contributed by atoms with E-state index >= 15 is 0 Å². The quantitative estimate of drug-likeness (QED) is 0.717. The van der Waals surface area contributed by atoms with Crippen molar-refractivity contribution in [3.8, 4) is 11.5 Å². The van der Waals surface area contributed by atoms with E-state index in [2.05, 4.69) is 10.2 Å². The molecular weight excluding hydrogens is 264 g/mol. The Bertz CT molecular complexity index is 848. The third kappa shape index (κ3) is 2.10. The molecule has 5 nitrogen and oxygen atoms in total. The molecular formula is C13H10N2O3S. The van der Waals surface area contributed by atoms with E-state index in [4.69, 9.17) is 4.42 Å². The number of rotatable bonds is 2. The van der Waals surface area contributed by atoms with Gasteiger partial charge in [-0.05, 0) is 16.8 Å². The minimum atomic E-state index is -3.48. The van der Waals surface area contributed by atoms with Crippen molar-refractivity contribution in [2.45, 2.75) is 5.22 Å². The number of benzene rings is 2. The third-order valence-electron chi connectivity index (χ3n) is 2.74. The average molecular weight is 274 g/mol. The van der Waals surface area contributed by atoms with Gasteiger partial charge >= 0.3 is 5.22 Å². The first-order valence-electron chi connectivity index (χ1n) is 5.57. The largest absolute Gasteiger partial charge is 0.408 e. The third-order valence-corrected chi connectivity index (χ3v) is 3.54. The molecule has 0 atom stereocenters. The normalized spacial score (nSPS) is 11.8. The van der Waals surface area contributed by atoms with Crippen LogP contribution in [0.4, 0.5) is 0 Å². The van der Waals surface area contributed by atoms with Crippen molar-refractivity contribution in [2.24, 2.45) is 0 Å². The Morgan fingerprint density at radius 3 is 2.47 bits per heavy atom. The Morgan fingerprint density at radius 1 is 1.00 bits per heavy atom. The van der Waals surface area contributed by atoms with Crippen LogP contribution in [0.15, 0.2) is 52.1 Å². The molecule has 0 amide bonds. The lowest BCUT2D eigenvalue weighted by molar-refractivity contribution is 0.442. The van der Waals surface area contributed by atoms with Crippen LogP contribution in [0.5, 0.6) is 0 Å². The molecule has 0 saturated heterocycles. The molecule has 3 rings (SSSR count). The van der Waals surface area contributed by atoms with Crippen molar-refractivity contribution in [3.05, 3.63) is 42.5 Å². The van der Waals surface area contributed by atoms with Crippen molar-refractivity contribution < 1.29 is 12.8 Å². The maximum atomic E-state index is 11.3. The van der Waals surface area contributed by atoms with Gasteiger partial charge in [0, 0.05) is 11.8 Å². The lowest BCUT2D eigenvalue weighted by Gasteiger charge is -2.01. The number of sulfone groups is 1. The van der Waals surface area contributed by atoms with Crippen molar-refractivity contribution in [2.75, 3.05) is 6.26 Å². The standard InChI is InChI=1S/C13H10N2O3S/c1-19(16,17)13-15-14-12(18-13)11-8-4-6-9-5-2-3-7-10(9)11/h2-8H,1H3. The molecule has 0 unspecified atom stereocenters. The van der Waals surface area contributed by atoms with Crippen LogP contribution in [-0.2, 0) is 9.84 Å². The van der Waals surface area contributed by atoms with Crippen LogP contribution >= 0.6 is 0 Å². The van der Waals surface area contributed by atoms with Crippen LogP contribution in [0.3, 0.4) is 0 Å². The molecule has 0 saturated carbocycles. The van der Waals surface area contributed by atoms with Gasteiger partial charge in [0.15, 0.2) is 0 Å². The molecule has 3 aromatic rings. The van der Waals surface area contributed by atoms with E-state index in [9.17, 15) is 8.42 Å². The highest BCUT2D eigenvalue weighted by Crippen LogP contribution is 2.28. The fourth-order valence-corrected chi connectivity index (χ4v) is 2.30. The van der Waals surface area contributed by atoms with Gasteiger partial charge in [0.05, 0.1) is 0 Å². The number of aromatic nitrogens is 2. The summed E-state index contributed by atoms with van der Waals surface area (Å²) in [6.07, 6.45) is 1.04. The molecule has 19 heavy (non-hydrogen) atoms. The molecule has 0 aliphatic rings. The summed E-state index contributed by atoms with van der Waals surface area (Å²) in [6, 6.07) is 13.4.